The van der Waals surface area contributed by atoms with E-state index in [0.29, 0.717) is 5.75 Å². The number of halogens is 1. The van der Waals surface area contributed by atoms with Crippen LogP contribution in [0.25, 0.3) is 0 Å². The molecule has 106 valence electrons. The molecule has 20 heavy (non-hydrogen) atoms. The normalized spacial score (nSPS) is 12.0. The maximum Gasteiger partial charge on any atom is 0.160 e. The van der Waals surface area contributed by atoms with Gasteiger partial charge in [-0.2, -0.15) is 0 Å². The van der Waals surface area contributed by atoms with Gasteiger partial charge in [-0.25, -0.2) is 0 Å². The molecule has 2 N–H and O–H groups in total. The van der Waals surface area contributed by atoms with E-state index in [1.807, 2.05) is 37.3 Å². The van der Waals surface area contributed by atoms with Crippen LogP contribution in [0.4, 0.5) is 5.69 Å². The minimum absolute atomic E-state index is 0.0874. The number of aromatic hydroxyl groups is 1. The molecule has 0 fully saturated rings. The highest BCUT2D eigenvalue weighted by Gasteiger charge is 2.10. The molecule has 0 saturated heterocycles. The van der Waals surface area contributed by atoms with Crippen LogP contribution in [0, 0.1) is 6.92 Å². The van der Waals surface area contributed by atoms with Gasteiger partial charge in [0.1, 0.15) is 0 Å². The van der Waals surface area contributed by atoms with E-state index in [1.54, 1.807) is 13.2 Å². The molecule has 2 aromatic rings. The second-order valence-electron chi connectivity index (χ2n) is 4.76. The fourth-order valence-electron chi connectivity index (χ4n) is 2.07. The number of hydrogen-bond donors (Lipinski definition) is 2. The lowest BCUT2D eigenvalue weighted by Crippen LogP contribution is -2.07. The molecule has 0 spiro atoms. The molecule has 1 atom stereocenters. The van der Waals surface area contributed by atoms with E-state index in [4.69, 9.17) is 16.3 Å². The number of hydrogen-bond acceptors (Lipinski definition) is 3. The Bertz CT molecular complexity index is 613. The van der Waals surface area contributed by atoms with E-state index in [2.05, 4.69) is 12.2 Å². The summed E-state index contributed by atoms with van der Waals surface area (Å²) in [6.07, 6.45) is 0. The summed E-state index contributed by atoms with van der Waals surface area (Å²) in [5.41, 5.74) is 3.16. The third kappa shape index (κ3) is 3.17. The van der Waals surface area contributed by atoms with E-state index in [-0.39, 0.29) is 11.8 Å². The Morgan fingerprint density at radius 3 is 2.60 bits per heavy atom. The van der Waals surface area contributed by atoms with Crippen molar-refractivity contribution in [3.8, 4) is 11.5 Å². The molecule has 4 heteroatoms. The van der Waals surface area contributed by atoms with Crippen LogP contribution >= 0.6 is 11.6 Å². The van der Waals surface area contributed by atoms with Gasteiger partial charge in [-0.05, 0) is 55.3 Å². The Morgan fingerprint density at radius 2 is 1.95 bits per heavy atom. The second-order valence-corrected chi connectivity index (χ2v) is 5.19. The van der Waals surface area contributed by atoms with Crippen LogP contribution in [0.15, 0.2) is 36.4 Å². The largest absolute Gasteiger partial charge is 0.504 e. The summed E-state index contributed by atoms with van der Waals surface area (Å²) in [5.74, 6) is 0.620. The van der Waals surface area contributed by atoms with Gasteiger partial charge >= 0.3 is 0 Å². The summed E-state index contributed by atoms with van der Waals surface area (Å²) in [4.78, 5) is 0. The number of benzene rings is 2. The van der Waals surface area contributed by atoms with Gasteiger partial charge in [-0.15, -0.1) is 0 Å². The number of rotatable bonds is 4. The minimum atomic E-state index is 0.0874. The molecular weight excluding hydrogens is 274 g/mol. The summed E-state index contributed by atoms with van der Waals surface area (Å²) in [7, 11) is 1.54. The molecule has 0 aliphatic rings. The maximum atomic E-state index is 9.62. The quantitative estimate of drug-likeness (QED) is 0.869. The molecule has 1 unspecified atom stereocenters. The maximum absolute atomic E-state index is 9.62. The van der Waals surface area contributed by atoms with Gasteiger partial charge in [0.2, 0.25) is 0 Å². The molecule has 0 heterocycles. The Kier molecular flexibility index (Phi) is 4.40. The van der Waals surface area contributed by atoms with Crippen LogP contribution in [0.2, 0.25) is 5.02 Å². The summed E-state index contributed by atoms with van der Waals surface area (Å²) >= 11 is 5.96. The zero-order valence-electron chi connectivity index (χ0n) is 11.8. The minimum Gasteiger partial charge on any atom is -0.504 e. The Morgan fingerprint density at radius 1 is 1.20 bits per heavy atom. The number of nitrogens with one attached hydrogen (secondary N) is 1. The van der Waals surface area contributed by atoms with Crippen molar-refractivity contribution < 1.29 is 9.84 Å². The van der Waals surface area contributed by atoms with Crippen molar-refractivity contribution >= 4 is 17.3 Å². The van der Waals surface area contributed by atoms with Gasteiger partial charge in [-0.1, -0.05) is 17.7 Å². The van der Waals surface area contributed by atoms with E-state index in [0.717, 1.165) is 21.8 Å². The molecule has 0 bridgehead atoms. The van der Waals surface area contributed by atoms with Crippen LogP contribution in [0.5, 0.6) is 11.5 Å². The predicted octanol–water partition coefficient (Wildman–Crippen LogP) is 4.54. The van der Waals surface area contributed by atoms with Crippen molar-refractivity contribution in [1.82, 2.24) is 0 Å². The monoisotopic (exact) mass is 291 g/mol. The smallest absolute Gasteiger partial charge is 0.160 e. The van der Waals surface area contributed by atoms with Crippen LogP contribution < -0.4 is 10.1 Å². The Hall–Kier alpha value is -1.87. The fraction of sp³-hybridized carbons (Fsp3) is 0.250. The molecule has 0 aromatic heterocycles. The van der Waals surface area contributed by atoms with Crippen molar-refractivity contribution in [3.05, 3.63) is 52.5 Å². The first-order valence-electron chi connectivity index (χ1n) is 6.41. The third-order valence-electron chi connectivity index (χ3n) is 3.26. The lowest BCUT2D eigenvalue weighted by Gasteiger charge is -2.18. The van der Waals surface area contributed by atoms with Crippen LogP contribution in [0.3, 0.4) is 0 Å². The summed E-state index contributed by atoms with van der Waals surface area (Å²) in [5, 5.41) is 13.8. The molecule has 0 radical (unpaired) electrons. The van der Waals surface area contributed by atoms with Crippen molar-refractivity contribution in [2.75, 3.05) is 12.4 Å². The first kappa shape index (κ1) is 14.5. The van der Waals surface area contributed by atoms with Crippen molar-refractivity contribution in [3.63, 3.8) is 0 Å². The van der Waals surface area contributed by atoms with Gasteiger partial charge in [0, 0.05) is 16.8 Å². The predicted molar refractivity (Wildman–Crippen MR) is 82.9 cm³/mol. The van der Waals surface area contributed by atoms with Crippen LogP contribution in [0.1, 0.15) is 24.1 Å². The second kappa shape index (κ2) is 6.06. The van der Waals surface area contributed by atoms with Crippen molar-refractivity contribution in [1.29, 1.82) is 0 Å². The van der Waals surface area contributed by atoms with E-state index in [9.17, 15) is 5.11 Å². The molecule has 0 aliphatic heterocycles. The average Bonchev–Trinajstić information content (AvgIpc) is 2.42. The molecule has 2 rings (SSSR count). The number of methoxy groups -OCH3 is 1. The van der Waals surface area contributed by atoms with Gasteiger partial charge < -0.3 is 15.2 Å². The summed E-state index contributed by atoms with van der Waals surface area (Å²) in [6, 6.07) is 11.2. The van der Waals surface area contributed by atoms with Gasteiger partial charge in [0.25, 0.3) is 0 Å². The first-order chi connectivity index (χ1) is 9.51. The summed E-state index contributed by atoms with van der Waals surface area (Å²) < 4.78 is 5.13. The van der Waals surface area contributed by atoms with Crippen molar-refractivity contribution in [2.45, 2.75) is 19.9 Å². The van der Waals surface area contributed by atoms with Gasteiger partial charge in [-0.3, -0.25) is 0 Å². The first-order valence-corrected chi connectivity index (χ1v) is 6.78. The van der Waals surface area contributed by atoms with Crippen molar-refractivity contribution in [2.24, 2.45) is 0 Å². The fourth-order valence-corrected chi connectivity index (χ4v) is 2.30. The molecular formula is C16H18ClNO2. The number of anilines is 1. The zero-order chi connectivity index (χ0) is 14.7. The molecule has 0 saturated carbocycles. The van der Waals surface area contributed by atoms with Gasteiger partial charge in [0.15, 0.2) is 11.5 Å². The number of phenols is 1. The Balaban J connectivity index is 2.21. The number of ether oxygens (including phenoxy) is 1. The van der Waals surface area contributed by atoms with E-state index in [1.165, 1.54) is 0 Å². The lowest BCUT2D eigenvalue weighted by molar-refractivity contribution is 0.373. The highest BCUT2D eigenvalue weighted by molar-refractivity contribution is 6.30. The third-order valence-corrected chi connectivity index (χ3v) is 3.50. The molecule has 0 aliphatic carbocycles. The highest BCUT2D eigenvalue weighted by atomic mass is 35.5. The standard InChI is InChI=1S/C16H18ClNO2/c1-10-8-13(17)5-6-14(10)18-11(2)12-4-7-15(19)16(9-12)20-3/h4-9,11,18-19H,1-3H3. The summed E-state index contributed by atoms with van der Waals surface area (Å²) in [6.45, 7) is 4.07. The van der Waals surface area contributed by atoms with E-state index < -0.39 is 0 Å². The van der Waals surface area contributed by atoms with Crippen LogP contribution in [-0.2, 0) is 0 Å². The van der Waals surface area contributed by atoms with Crippen LogP contribution in [-0.4, -0.2) is 12.2 Å². The molecule has 0 amide bonds. The topological polar surface area (TPSA) is 41.5 Å². The molecule has 2 aromatic carbocycles. The van der Waals surface area contributed by atoms with Gasteiger partial charge in [0.05, 0.1) is 7.11 Å². The SMILES string of the molecule is COc1cc(C(C)Nc2ccc(Cl)cc2C)ccc1O. The lowest BCUT2D eigenvalue weighted by atomic mass is 10.1. The Labute approximate surface area is 124 Å². The number of aryl methyl sites for hydroxylation is 1. The average molecular weight is 292 g/mol. The van der Waals surface area contributed by atoms with E-state index >= 15 is 0 Å². The zero-order valence-corrected chi connectivity index (χ0v) is 12.5. The highest BCUT2D eigenvalue weighted by Crippen LogP contribution is 2.31. The number of phenolic OH excluding ortho intramolecular Hbond substituents is 1. The molecule has 3 nitrogen and oxygen atoms in total.